The molecule has 1 aliphatic rings. The van der Waals surface area contributed by atoms with Gasteiger partial charge in [0.1, 0.15) is 5.75 Å². The van der Waals surface area contributed by atoms with Crippen LogP contribution >= 0.6 is 0 Å². The standard InChI is InChI=1S/C19H23NO/c1-16-7-9-19(10-8-16)21-15-18-11-12-20(14-18)13-17-5-3-2-4-6-17/h2-10,18H,11-15H2,1H3. The van der Waals surface area contributed by atoms with E-state index in [9.17, 15) is 0 Å². The molecule has 1 fully saturated rings. The van der Waals surface area contributed by atoms with E-state index in [0.29, 0.717) is 5.92 Å². The lowest BCUT2D eigenvalue weighted by atomic mass is 10.1. The molecule has 2 nitrogen and oxygen atoms in total. The normalized spacial score (nSPS) is 18.8. The van der Waals surface area contributed by atoms with Crippen LogP contribution < -0.4 is 4.74 Å². The smallest absolute Gasteiger partial charge is 0.119 e. The first-order valence-corrected chi connectivity index (χ1v) is 7.75. The molecule has 1 unspecified atom stereocenters. The van der Waals surface area contributed by atoms with Gasteiger partial charge >= 0.3 is 0 Å². The predicted octanol–water partition coefficient (Wildman–Crippen LogP) is 3.90. The topological polar surface area (TPSA) is 12.5 Å². The molecule has 2 heteroatoms. The minimum atomic E-state index is 0.648. The summed E-state index contributed by atoms with van der Waals surface area (Å²) >= 11 is 0. The number of benzene rings is 2. The number of hydrogen-bond acceptors (Lipinski definition) is 2. The second kappa shape index (κ2) is 6.77. The highest BCUT2D eigenvalue weighted by atomic mass is 16.5. The molecule has 0 N–H and O–H groups in total. The van der Waals surface area contributed by atoms with Gasteiger partial charge in [-0.2, -0.15) is 0 Å². The summed E-state index contributed by atoms with van der Waals surface area (Å²) in [5.41, 5.74) is 2.68. The Morgan fingerprint density at radius 3 is 2.57 bits per heavy atom. The molecule has 1 aliphatic heterocycles. The van der Waals surface area contributed by atoms with Gasteiger partial charge in [0.2, 0.25) is 0 Å². The van der Waals surface area contributed by atoms with Crippen molar-refractivity contribution in [1.82, 2.24) is 4.90 Å². The number of rotatable bonds is 5. The number of likely N-dealkylation sites (tertiary alicyclic amines) is 1. The van der Waals surface area contributed by atoms with E-state index in [1.165, 1.54) is 24.1 Å². The van der Waals surface area contributed by atoms with Crippen molar-refractivity contribution < 1.29 is 4.74 Å². The van der Waals surface area contributed by atoms with Crippen LogP contribution in [-0.4, -0.2) is 24.6 Å². The third-order valence-corrected chi connectivity index (χ3v) is 4.13. The summed E-state index contributed by atoms with van der Waals surface area (Å²) in [6, 6.07) is 19.0. The summed E-state index contributed by atoms with van der Waals surface area (Å²) in [7, 11) is 0. The third-order valence-electron chi connectivity index (χ3n) is 4.13. The first kappa shape index (κ1) is 14.2. The molecular weight excluding hydrogens is 258 g/mol. The van der Waals surface area contributed by atoms with Gasteiger partial charge in [0.25, 0.3) is 0 Å². The summed E-state index contributed by atoms with van der Waals surface area (Å²) < 4.78 is 5.92. The molecule has 21 heavy (non-hydrogen) atoms. The predicted molar refractivity (Wildman–Crippen MR) is 86.5 cm³/mol. The highest BCUT2D eigenvalue weighted by Crippen LogP contribution is 2.20. The van der Waals surface area contributed by atoms with E-state index in [1.54, 1.807) is 0 Å². The van der Waals surface area contributed by atoms with Gasteiger partial charge in [-0.3, -0.25) is 4.90 Å². The molecule has 2 aromatic carbocycles. The number of hydrogen-bond donors (Lipinski definition) is 0. The molecular formula is C19H23NO. The van der Waals surface area contributed by atoms with E-state index in [0.717, 1.165) is 25.4 Å². The van der Waals surface area contributed by atoms with E-state index in [-0.39, 0.29) is 0 Å². The molecule has 1 atom stereocenters. The molecule has 2 aromatic rings. The van der Waals surface area contributed by atoms with E-state index in [2.05, 4.69) is 66.4 Å². The van der Waals surface area contributed by atoms with E-state index >= 15 is 0 Å². The summed E-state index contributed by atoms with van der Waals surface area (Å²) in [4.78, 5) is 2.53. The number of aryl methyl sites for hydroxylation is 1. The molecule has 0 amide bonds. The average Bonchev–Trinajstić information content (AvgIpc) is 2.95. The summed E-state index contributed by atoms with van der Waals surface area (Å²) in [6.45, 7) is 6.30. The maximum absolute atomic E-state index is 5.92. The Kier molecular flexibility index (Phi) is 4.56. The van der Waals surface area contributed by atoms with Crippen molar-refractivity contribution in [2.75, 3.05) is 19.7 Å². The fourth-order valence-corrected chi connectivity index (χ4v) is 2.88. The average molecular weight is 281 g/mol. The van der Waals surface area contributed by atoms with Crippen molar-refractivity contribution in [3.63, 3.8) is 0 Å². The van der Waals surface area contributed by atoms with E-state index in [1.807, 2.05) is 0 Å². The zero-order valence-corrected chi connectivity index (χ0v) is 12.7. The van der Waals surface area contributed by atoms with Crippen molar-refractivity contribution in [3.05, 3.63) is 65.7 Å². The molecule has 0 radical (unpaired) electrons. The van der Waals surface area contributed by atoms with Gasteiger partial charge in [-0.05, 0) is 37.6 Å². The van der Waals surface area contributed by atoms with Crippen LogP contribution in [0.15, 0.2) is 54.6 Å². The molecule has 0 bridgehead atoms. The quantitative estimate of drug-likeness (QED) is 0.824. The van der Waals surface area contributed by atoms with Crippen molar-refractivity contribution in [1.29, 1.82) is 0 Å². The van der Waals surface area contributed by atoms with Crippen LogP contribution in [-0.2, 0) is 6.54 Å². The highest BCUT2D eigenvalue weighted by molar-refractivity contribution is 5.26. The Hall–Kier alpha value is -1.80. The molecule has 0 spiro atoms. The second-order valence-corrected chi connectivity index (χ2v) is 6.00. The lowest BCUT2D eigenvalue weighted by Gasteiger charge is -2.16. The zero-order valence-electron chi connectivity index (χ0n) is 12.7. The third kappa shape index (κ3) is 4.08. The Balaban J connectivity index is 1.45. The highest BCUT2D eigenvalue weighted by Gasteiger charge is 2.22. The van der Waals surface area contributed by atoms with Gasteiger partial charge in [-0.1, -0.05) is 48.0 Å². The fourth-order valence-electron chi connectivity index (χ4n) is 2.88. The summed E-state index contributed by atoms with van der Waals surface area (Å²) in [5, 5.41) is 0. The molecule has 1 saturated heterocycles. The van der Waals surface area contributed by atoms with Crippen LogP contribution in [0.3, 0.4) is 0 Å². The van der Waals surface area contributed by atoms with E-state index < -0.39 is 0 Å². The SMILES string of the molecule is Cc1ccc(OCC2CCN(Cc3ccccc3)C2)cc1. The lowest BCUT2D eigenvalue weighted by Crippen LogP contribution is -2.22. The Morgan fingerprint density at radius 2 is 1.81 bits per heavy atom. The van der Waals surface area contributed by atoms with Crippen LogP contribution in [0.4, 0.5) is 0 Å². The first-order chi connectivity index (χ1) is 10.3. The van der Waals surface area contributed by atoms with Crippen molar-refractivity contribution >= 4 is 0 Å². The molecule has 1 heterocycles. The lowest BCUT2D eigenvalue weighted by molar-refractivity contribution is 0.238. The van der Waals surface area contributed by atoms with Crippen LogP contribution in [0, 0.1) is 12.8 Å². The Bertz CT molecular complexity index is 550. The Labute approximate surface area is 127 Å². The Morgan fingerprint density at radius 1 is 1.05 bits per heavy atom. The molecule has 110 valence electrons. The number of ether oxygens (including phenoxy) is 1. The second-order valence-electron chi connectivity index (χ2n) is 6.00. The maximum Gasteiger partial charge on any atom is 0.119 e. The minimum Gasteiger partial charge on any atom is -0.493 e. The van der Waals surface area contributed by atoms with Crippen molar-refractivity contribution in [2.45, 2.75) is 19.9 Å². The van der Waals surface area contributed by atoms with Crippen LogP contribution in [0.1, 0.15) is 17.5 Å². The fraction of sp³-hybridized carbons (Fsp3) is 0.368. The van der Waals surface area contributed by atoms with Crippen molar-refractivity contribution in [3.8, 4) is 5.75 Å². The maximum atomic E-state index is 5.92. The summed E-state index contributed by atoms with van der Waals surface area (Å²) in [6.07, 6.45) is 1.23. The van der Waals surface area contributed by atoms with Gasteiger partial charge in [-0.15, -0.1) is 0 Å². The van der Waals surface area contributed by atoms with Gasteiger partial charge in [0.15, 0.2) is 0 Å². The molecule has 3 rings (SSSR count). The van der Waals surface area contributed by atoms with Gasteiger partial charge in [0.05, 0.1) is 6.61 Å². The molecule has 0 saturated carbocycles. The van der Waals surface area contributed by atoms with Gasteiger partial charge in [-0.25, -0.2) is 0 Å². The largest absolute Gasteiger partial charge is 0.493 e. The van der Waals surface area contributed by atoms with Gasteiger partial charge < -0.3 is 4.74 Å². The zero-order chi connectivity index (χ0) is 14.5. The summed E-state index contributed by atoms with van der Waals surface area (Å²) in [5.74, 6) is 1.64. The van der Waals surface area contributed by atoms with Gasteiger partial charge in [0, 0.05) is 19.0 Å². The van der Waals surface area contributed by atoms with Crippen LogP contribution in [0.2, 0.25) is 0 Å². The van der Waals surface area contributed by atoms with E-state index in [4.69, 9.17) is 4.74 Å². The minimum absolute atomic E-state index is 0.648. The van der Waals surface area contributed by atoms with Crippen LogP contribution in [0.25, 0.3) is 0 Å². The first-order valence-electron chi connectivity index (χ1n) is 7.75. The molecule has 0 aliphatic carbocycles. The monoisotopic (exact) mass is 281 g/mol. The molecule has 0 aromatic heterocycles. The van der Waals surface area contributed by atoms with Crippen molar-refractivity contribution in [2.24, 2.45) is 5.92 Å². The number of nitrogens with zero attached hydrogens (tertiary/aromatic N) is 1. The van der Waals surface area contributed by atoms with Crippen LogP contribution in [0.5, 0.6) is 5.75 Å².